The van der Waals surface area contributed by atoms with Crippen LogP contribution in [0, 0.1) is 13.8 Å². The third-order valence-electron chi connectivity index (χ3n) is 10.8. The van der Waals surface area contributed by atoms with Crippen molar-refractivity contribution in [3.8, 4) is 34.0 Å². The van der Waals surface area contributed by atoms with Crippen LogP contribution < -0.4 is 5.46 Å². The minimum atomic E-state index is -1.34. The Balaban J connectivity index is 0.000000148. The van der Waals surface area contributed by atoms with E-state index in [1.54, 1.807) is 42.9 Å². The van der Waals surface area contributed by atoms with Crippen LogP contribution in [0.15, 0.2) is 152 Å². The molecule has 0 aliphatic rings. The maximum absolute atomic E-state index is 8.58. The Labute approximate surface area is 379 Å². The maximum atomic E-state index is 8.58. The summed E-state index contributed by atoms with van der Waals surface area (Å²) in [6, 6.07) is 27.3. The molecule has 2 aromatic carbocycles. The second-order valence-corrected chi connectivity index (χ2v) is 16.0. The summed E-state index contributed by atoms with van der Waals surface area (Å²) in [6.07, 6.45) is 22.1. The van der Waals surface area contributed by atoms with E-state index in [0.29, 0.717) is 5.46 Å². The first-order chi connectivity index (χ1) is 31.1. The number of fused-ring (bicyclic) bond motifs is 2. The number of hydrogen-bond donors (Lipinski definition) is 2. The molecule has 0 spiro atoms. The number of imidazole rings is 2. The van der Waals surface area contributed by atoms with E-state index in [2.05, 4.69) is 93.6 Å². The molecule has 0 bridgehead atoms. The molecule has 64 heavy (non-hydrogen) atoms. The van der Waals surface area contributed by atoms with Crippen molar-refractivity contribution in [3.63, 3.8) is 0 Å². The molecule has 0 radical (unpaired) electrons. The van der Waals surface area contributed by atoms with Crippen LogP contribution in [-0.4, -0.2) is 75.4 Å². The lowest BCUT2D eigenvalue weighted by atomic mass is 9.81. The SMILES string of the molecule is Cc1cc(CCc2nccn3c(-c4ccccc4)cnc23)cnc1-c1ccnn1C.Cc1cc(CCc2nccn3c(Br)cnc23)cnc1-c1ccnn1C.OB(O)c1ccccc1. The van der Waals surface area contributed by atoms with Crippen LogP contribution >= 0.6 is 15.9 Å². The molecule has 10 rings (SSSR count). The third kappa shape index (κ3) is 9.89. The highest BCUT2D eigenvalue weighted by Crippen LogP contribution is 2.25. The molecule has 0 saturated heterocycles. The molecule has 14 nitrogen and oxygen atoms in total. The van der Waals surface area contributed by atoms with Gasteiger partial charge in [-0.25, -0.2) is 9.97 Å². The molecular formula is C48H46BBrN12O2. The van der Waals surface area contributed by atoms with Gasteiger partial charge in [-0.3, -0.25) is 38.1 Å². The topological polar surface area (TPSA) is 162 Å². The summed E-state index contributed by atoms with van der Waals surface area (Å²) in [4.78, 5) is 27.5. The number of hydrogen-bond acceptors (Lipinski definition) is 10. The molecule has 0 aliphatic carbocycles. The number of rotatable bonds is 10. The van der Waals surface area contributed by atoms with Crippen molar-refractivity contribution in [1.29, 1.82) is 0 Å². The molecule has 8 aromatic heterocycles. The Morgan fingerprint density at radius 2 is 1.03 bits per heavy atom. The van der Waals surface area contributed by atoms with E-state index in [9.17, 15) is 0 Å². The van der Waals surface area contributed by atoms with Crippen LogP contribution in [0.25, 0.3) is 45.3 Å². The largest absolute Gasteiger partial charge is 0.488 e. The second-order valence-electron chi connectivity index (χ2n) is 15.2. The van der Waals surface area contributed by atoms with Gasteiger partial charge in [0.2, 0.25) is 0 Å². The van der Waals surface area contributed by atoms with Crippen molar-refractivity contribution >= 4 is 39.8 Å². The standard InChI is InChI=1S/C24H22N6.C18H17BrN6.C6H7BO2/c1-17-14-18(15-26-23(17)21-10-11-28-29(21)2)8-9-20-24-27-16-22(30(24)13-12-25-20)19-6-4-3-5-7-19;1-12-9-13(10-21-17(12)15-5-6-23-24(15)2)3-4-14-18-22-11-16(19)25(18)8-7-20-14;8-7(9)6-4-2-1-3-5-6/h3-7,10-16H,8-9H2,1-2H3;5-11H,3-4H2,1-2H3;1-5,8-9H. The molecule has 16 heteroatoms. The highest BCUT2D eigenvalue weighted by molar-refractivity contribution is 9.10. The predicted molar refractivity (Wildman–Crippen MR) is 253 cm³/mol. The Morgan fingerprint density at radius 1 is 0.531 bits per heavy atom. The molecule has 2 N–H and O–H groups in total. The zero-order valence-electron chi connectivity index (χ0n) is 35.9. The van der Waals surface area contributed by atoms with E-state index >= 15 is 0 Å². The normalized spacial score (nSPS) is 11.0. The van der Waals surface area contributed by atoms with E-state index in [-0.39, 0.29) is 0 Å². The Kier molecular flexibility index (Phi) is 13.5. The lowest BCUT2D eigenvalue weighted by Crippen LogP contribution is -2.29. The smallest absolute Gasteiger partial charge is 0.423 e. The number of aryl methyl sites for hydroxylation is 8. The molecule has 0 atom stereocenters. The minimum Gasteiger partial charge on any atom is -0.423 e. The van der Waals surface area contributed by atoms with Crippen molar-refractivity contribution in [2.45, 2.75) is 39.5 Å². The quantitative estimate of drug-likeness (QED) is 0.136. The first-order valence-corrected chi connectivity index (χ1v) is 21.6. The number of aromatic nitrogens is 12. The molecule has 0 unspecified atom stereocenters. The van der Waals surface area contributed by atoms with E-state index in [1.807, 2.05) is 108 Å². The van der Waals surface area contributed by atoms with Gasteiger partial charge in [0, 0.05) is 69.2 Å². The van der Waals surface area contributed by atoms with Crippen LogP contribution in [0.5, 0.6) is 0 Å². The van der Waals surface area contributed by atoms with Crippen LogP contribution in [0.4, 0.5) is 0 Å². The highest BCUT2D eigenvalue weighted by atomic mass is 79.9. The number of nitrogens with zero attached hydrogens (tertiary/aromatic N) is 12. The van der Waals surface area contributed by atoms with Crippen LogP contribution in [0.3, 0.4) is 0 Å². The van der Waals surface area contributed by atoms with Crippen LogP contribution in [0.2, 0.25) is 0 Å². The van der Waals surface area contributed by atoms with E-state index in [1.165, 1.54) is 11.1 Å². The molecule has 320 valence electrons. The average Bonchev–Trinajstić information content (AvgIpc) is 4.14. The van der Waals surface area contributed by atoms with Crippen molar-refractivity contribution < 1.29 is 10.0 Å². The summed E-state index contributed by atoms with van der Waals surface area (Å²) in [5.41, 5.74) is 15.2. The molecule has 0 amide bonds. The van der Waals surface area contributed by atoms with Gasteiger partial charge in [-0.1, -0.05) is 72.8 Å². The van der Waals surface area contributed by atoms with Gasteiger partial charge in [-0.05, 0) is 95.3 Å². The fourth-order valence-corrected chi connectivity index (χ4v) is 7.92. The summed E-state index contributed by atoms with van der Waals surface area (Å²) in [5, 5.41) is 25.6. The Hall–Kier alpha value is -7.14. The highest BCUT2D eigenvalue weighted by Gasteiger charge is 2.14. The lowest BCUT2D eigenvalue weighted by Gasteiger charge is -2.09. The first-order valence-electron chi connectivity index (χ1n) is 20.8. The molecule has 0 aliphatic heterocycles. The Bertz CT molecular complexity index is 3130. The van der Waals surface area contributed by atoms with Gasteiger partial charge in [-0.2, -0.15) is 10.2 Å². The molecule has 0 saturated carbocycles. The summed E-state index contributed by atoms with van der Waals surface area (Å²) >= 11 is 3.49. The van der Waals surface area contributed by atoms with Gasteiger partial charge in [-0.15, -0.1) is 0 Å². The zero-order chi connectivity index (χ0) is 44.6. The van der Waals surface area contributed by atoms with Crippen LogP contribution in [-0.2, 0) is 39.8 Å². The van der Waals surface area contributed by atoms with Crippen molar-refractivity contribution in [2.24, 2.45) is 14.1 Å². The summed E-state index contributed by atoms with van der Waals surface area (Å²) < 4.78 is 8.74. The zero-order valence-corrected chi connectivity index (χ0v) is 37.5. The fraction of sp³-hybridized carbons (Fsp3) is 0.167. The van der Waals surface area contributed by atoms with Crippen LogP contribution in [0.1, 0.15) is 33.6 Å². The maximum Gasteiger partial charge on any atom is 0.488 e. The van der Waals surface area contributed by atoms with E-state index in [4.69, 9.17) is 15.0 Å². The van der Waals surface area contributed by atoms with E-state index in [0.717, 1.165) is 98.1 Å². The van der Waals surface area contributed by atoms with Gasteiger partial charge in [0.25, 0.3) is 0 Å². The minimum absolute atomic E-state index is 0.525. The van der Waals surface area contributed by atoms with E-state index < -0.39 is 7.12 Å². The number of benzene rings is 2. The fourth-order valence-electron chi connectivity index (χ4n) is 7.53. The van der Waals surface area contributed by atoms with Crippen molar-refractivity contribution in [1.82, 2.24) is 58.3 Å². The van der Waals surface area contributed by atoms with Crippen molar-refractivity contribution in [3.05, 3.63) is 185 Å². The average molecular weight is 914 g/mol. The van der Waals surface area contributed by atoms with Gasteiger partial charge in [0.15, 0.2) is 11.3 Å². The number of pyridine rings is 2. The predicted octanol–water partition coefficient (Wildman–Crippen LogP) is 7.03. The first kappa shape index (κ1) is 43.5. The van der Waals surface area contributed by atoms with Gasteiger partial charge < -0.3 is 10.0 Å². The second kappa shape index (κ2) is 19.9. The summed E-state index contributed by atoms with van der Waals surface area (Å²) in [6.45, 7) is 4.18. The molecular weight excluding hydrogens is 867 g/mol. The third-order valence-corrected chi connectivity index (χ3v) is 11.4. The molecule has 0 fully saturated rings. The van der Waals surface area contributed by atoms with Gasteiger partial charge >= 0.3 is 7.12 Å². The summed E-state index contributed by atoms with van der Waals surface area (Å²) in [5.74, 6) is 0. The van der Waals surface area contributed by atoms with Gasteiger partial charge in [0.05, 0.1) is 52.3 Å². The van der Waals surface area contributed by atoms with Crippen molar-refractivity contribution in [2.75, 3.05) is 0 Å². The lowest BCUT2D eigenvalue weighted by molar-refractivity contribution is 0.426. The Morgan fingerprint density at radius 3 is 1.52 bits per heavy atom. The van der Waals surface area contributed by atoms with Gasteiger partial charge in [0.1, 0.15) is 4.60 Å². The molecule has 10 aromatic rings. The number of halogens is 1. The molecule has 8 heterocycles. The monoisotopic (exact) mass is 912 g/mol. The summed E-state index contributed by atoms with van der Waals surface area (Å²) in [7, 11) is 2.52.